The first-order valence-corrected chi connectivity index (χ1v) is 8.24. The lowest BCUT2D eigenvalue weighted by molar-refractivity contribution is -0.136. The number of carbonyl (C=O) groups excluding carboxylic acids is 1. The second-order valence-electron chi connectivity index (χ2n) is 6.09. The van der Waals surface area contributed by atoms with Crippen LogP contribution in [0.3, 0.4) is 0 Å². The molecule has 5 heteroatoms. The highest BCUT2D eigenvalue weighted by atomic mass is 19.1. The molecule has 0 unspecified atom stereocenters. The van der Waals surface area contributed by atoms with E-state index in [0.717, 1.165) is 16.8 Å². The quantitative estimate of drug-likeness (QED) is 0.849. The zero-order valence-corrected chi connectivity index (χ0v) is 14.4. The van der Waals surface area contributed by atoms with Gasteiger partial charge in [-0.3, -0.25) is 0 Å². The molecule has 0 saturated heterocycles. The fourth-order valence-corrected chi connectivity index (χ4v) is 3.21. The SMILES string of the molecule is CCOC(=O)C1=C(N)Cc2c1cc(F)cc2N(C)Cc1ccccc1. The lowest BCUT2D eigenvalue weighted by atomic mass is 10.0. The van der Waals surface area contributed by atoms with Crippen LogP contribution < -0.4 is 10.6 Å². The molecule has 4 nitrogen and oxygen atoms in total. The largest absolute Gasteiger partial charge is 0.462 e. The zero-order chi connectivity index (χ0) is 18.0. The van der Waals surface area contributed by atoms with Crippen molar-refractivity contribution in [3.05, 3.63) is 70.7 Å². The normalized spacial score (nSPS) is 12.9. The molecule has 3 rings (SSSR count). The van der Waals surface area contributed by atoms with E-state index in [9.17, 15) is 9.18 Å². The van der Waals surface area contributed by atoms with Crippen LogP contribution in [0.25, 0.3) is 5.57 Å². The molecule has 0 radical (unpaired) electrons. The van der Waals surface area contributed by atoms with Gasteiger partial charge >= 0.3 is 5.97 Å². The average molecular weight is 340 g/mol. The van der Waals surface area contributed by atoms with Crippen molar-refractivity contribution in [3.63, 3.8) is 0 Å². The number of nitrogens with zero attached hydrogens (tertiary/aromatic N) is 1. The third-order valence-electron chi connectivity index (χ3n) is 4.30. The molecule has 0 amide bonds. The summed E-state index contributed by atoms with van der Waals surface area (Å²) >= 11 is 0. The van der Waals surface area contributed by atoms with Crippen LogP contribution in [0, 0.1) is 5.82 Å². The van der Waals surface area contributed by atoms with Gasteiger partial charge in [0.1, 0.15) is 5.82 Å². The Balaban J connectivity index is 1.97. The number of carbonyl (C=O) groups is 1. The van der Waals surface area contributed by atoms with Crippen LogP contribution in [-0.4, -0.2) is 19.6 Å². The summed E-state index contributed by atoms with van der Waals surface area (Å²) in [6.45, 7) is 2.61. The predicted octanol–water partition coefficient (Wildman–Crippen LogP) is 3.25. The highest BCUT2D eigenvalue weighted by Crippen LogP contribution is 2.38. The molecular formula is C20H21FN2O2. The van der Waals surface area contributed by atoms with Crippen LogP contribution in [-0.2, 0) is 22.5 Å². The summed E-state index contributed by atoms with van der Waals surface area (Å²) in [5.74, 6) is -0.897. The van der Waals surface area contributed by atoms with Crippen molar-refractivity contribution in [1.29, 1.82) is 0 Å². The Labute approximate surface area is 146 Å². The Hall–Kier alpha value is -2.82. The molecular weight excluding hydrogens is 319 g/mol. The second-order valence-corrected chi connectivity index (χ2v) is 6.09. The van der Waals surface area contributed by atoms with Gasteiger partial charge in [0.05, 0.1) is 12.2 Å². The fraction of sp³-hybridized carbons (Fsp3) is 0.250. The number of hydrogen-bond donors (Lipinski definition) is 1. The number of benzene rings is 2. The van der Waals surface area contributed by atoms with Gasteiger partial charge < -0.3 is 15.4 Å². The zero-order valence-electron chi connectivity index (χ0n) is 14.4. The molecule has 130 valence electrons. The first-order chi connectivity index (χ1) is 12.0. The van der Waals surface area contributed by atoms with Crippen LogP contribution in [0.4, 0.5) is 10.1 Å². The van der Waals surface area contributed by atoms with Crippen LogP contribution in [0.5, 0.6) is 0 Å². The van der Waals surface area contributed by atoms with Gasteiger partial charge in [-0.1, -0.05) is 30.3 Å². The summed E-state index contributed by atoms with van der Waals surface area (Å²) in [6.07, 6.45) is 0.415. The standard InChI is InChI=1S/C20H21FN2O2/c1-3-25-20(24)19-16-9-14(21)10-18(15(16)11-17(19)22)23(2)12-13-7-5-4-6-8-13/h4-10H,3,11-12,22H2,1-2H3. The Morgan fingerprint density at radius 3 is 2.68 bits per heavy atom. The number of esters is 1. The molecule has 2 aromatic carbocycles. The van der Waals surface area contributed by atoms with Crippen molar-refractivity contribution in [3.8, 4) is 0 Å². The molecule has 0 spiro atoms. The van der Waals surface area contributed by atoms with Crippen molar-refractivity contribution < 1.29 is 13.9 Å². The summed E-state index contributed by atoms with van der Waals surface area (Å²) in [5.41, 5.74) is 10.0. The van der Waals surface area contributed by atoms with Crippen LogP contribution in [0.2, 0.25) is 0 Å². The number of halogens is 1. The highest BCUT2D eigenvalue weighted by molar-refractivity contribution is 6.19. The van der Waals surface area contributed by atoms with Crippen molar-refractivity contribution in [2.75, 3.05) is 18.6 Å². The minimum absolute atomic E-state index is 0.251. The van der Waals surface area contributed by atoms with E-state index in [-0.39, 0.29) is 12.2 Å². The van der Waals surface area contributed by atoms with Gasteiger partial charge in [0.25, 0.3) is 0 Å². The Bertz CT molecular complexity index is 831. The second kappa shape index (κ2) is 6.97. The monoisotopic (exact) mass is 340 g/mol. The topological polar surface area (TPSA) is 55.6 Å². The van der Waals surface area contributed by atoms with E-state index in [1.165, 1.54) is 12.1 Å². The van der Waals surface area contributed by atoms with E-state index in [0.29, 0.717) is 24.2 Å². The first-order valence-electron chi connectivity index (χ1n) is 8.24. The van der Waals surface area contributed by atoms with E-state index < -0.39 is 11.8 Å². The molecule has 0 bridgehead atoms. The van der Waals surface area contributed by atoms with E-state index in [1.807, 2.05) is 42.3 Å². The summed E-state index contributed by atoms with van der Waals surface area (Å²) in [4.78, 5) is 14.2. The van der Waals surface area contributed by atoms with Crippen LogP contribution >= 0.6 is 0 Å². The number of allylic oxidation sites excluding steroid dienone is 1. The Kier molecular flexibility index (Phi) is 4.74. The van der Waals surface area contributed by atoms with Gasteiger partial charge in [-0.25, -0.2) is 9.18 Å². The molecule has 2 N–H and O–H groups in total. The van der Waals surface area contributed by atoms with E-state index in [1.54, 1.807) is 6.92 Å². The molecule has 1 aliphatic carbocycles. The molecule has 0 aromatic heterocycles. The number of ether oxygens (including phenoxy) is 1. The summed E-state index contributed by atoms with van der Waals surface area (Å²) < 4.78 is 19.3. The minimum Gasteiger partial charge on any atom is -0.462 e. The molecule has 0 fully saturated rings. The van der Waals surface area contributed by atoms with Gasteiger partial charge in [-0.05, 0) is 35.7 Å². The number of hydrogen-bond acceptors (Lipinski definition) is 4. The van der Waals surface area contributed by atoms with E-state index in [4.69, 9.17) is 10.5 Å². The van der Waals surface area contributed by atoms with Crippen molar-refractivity contribution in [1.82, 2.24) is 0 Å². The lowest BCUT2D eigenvalue weighted by Crippen LogP contribution is -2.18. The highest BCUT2D eigenvalue weighted by Gasteiger charge is 2.30. The van der Waals surface area contributed by atoms with Gasteiger partial charge in [-0.15, -0.1) is 0 Å². The number of fused-ring (bicyclic) bond motifs is 1. The average Bonchev–Trinajstić information content (AvgIpc) is 2.91. The predicted molar refractivity (Wildman–Crippen MR) is 96.4 cm³/mol. The van der Waals surface area contributed by atoms with Crippen molar-refractivity contribution in [2.45, 2.75) is 19.9 Å². The molecule has 25 heavy (non-hydrogen) atoms. The molecule has 0 saturated carbocycles. The summed E-state index contributed by atoms with van der Waals surface area (Å²) in [5, 5.41) is 0. The maximum absolute atomic E-state index is 14.2. The summed E-state index contributed by atoms with van der Waals surface area (Å²) in [6, 6.07) is 12.8. The van der Waals surface area contributed by atoms with E-state index in [2.05, 4.69) is 0 Å². The lowest BCUT2D eigenvalue weighted by Gasteiger charge is -2.23. The molecule has 0 aliphatic heterocycles. The van der Waals surface area contributed by atoms with Crippen molar-refractivity contribution >= 4 is 17.2 Å². The van der Waals surface area contributed by atoms with Gasteiger partial charge in [-0.2, -0.15) is 0 Å². The smallest absolute Gasteiger partial charge is 0.340 e. The fourth-order valence-electron chi connectivity index (χ4n) is 3.21. The van der Waals surface area contributed by atoms with Gasteiger partial charge in [0.15, 0.2) is 0 Å². The van der Waals surface area contributed by atoms with Crippen LogP contribution in [0.15, 0.2) is 48.2 Å². The third-order valence-corrected chi connectivity index (χ3v) is 4.30. The summed E-state index contributed by atoms with van der Waals surface area (Å²) in [7, 11) is 1.90. The number of rotatable bonds is 5. The maximum Gasteiger partial charge on any atom is 0.340 e. The van der Waals surface area contributed by atoms with Crippen molar-refractivity contribution in [2.24, 2.45) is 5.73 Å². The Morgan fingerprint density at radius 1 is 1.28 bits per heavy atom. The van der Waals surface area contributed by atoms with Crippen LogP contribution in [0.1, 0.15) is 23.6 Å². The van der Waals surface area contributed by atoms with E-state index >= 15 is 0 Å². The van der Waals surface area contributed by atoms with Gasteiger partial charge in [0, 0.05) is 31.4 Å². The number of nitrogens with two attached hydrogens (primary N) is 1. The minimum atomic E-state index is -0.499. The number of anilines is 1. The molecule has 1 aliphatic rings. The first kappa shape index (κ1) is 17.0. The molecule has 2 aromatic rings. The molecule has 0 heterocycles. The maximum atomic E-state index is 14.2. The Morgan fingerprint density at radius 2 is 2.00 bits per heavy atom. The van der Waals surface area contributed by atoms with Gasteiger partial charge in [0.2, 0.25) is 0 Å². The molecule has 0 atom stereocenters. The third kappa shape index (κ3) is 3.36.